The van der Waals surface area contributed by atoms with Crippen LogP contribution in [0.1, 0.15) is 41.1 Å². The maximum absolute atomic E-state index is 10.2. The number of hydrogen-bond donors (Lipinski definition) is 0. The zero-order valence-electron chi connectivity index (χ0n) is 55.4. The summed E-state index contributed by atoms with van der Waals surface area (Å²) in [6.45, 7) is 0. The summed E-state index contributed by atoms with van der Waals surface area (Å²) < 4.78 is 279. The number of hydrogen-bond acceptors (Lipinski definition) is 1. The van der Waals surface area contributed by atoms with Gasteiger partial charge in [0.15, 0.2) is 0 Å². The minimum absolute atomic E-state index is 0.380. The van der Waals surface area contributed by atoms with Gasteiger partial charge in [0.2, 0.25) is 0 Å². The average Bonchev–Trinajstić information content (AvgIpc) is 3.34. The van der Waals surface area contributed by atoms with Gasteiger partial charge in [-0.15, -0.1) is 0 Å². The highest BCUT2D eigenvalue weighted by Crippen LogP contribution is 2.47. The van der Waals surface area contributed by atoms with E-state index in [2.05, 4.69) is 0 Å². The molecular weight excluding hydrogens is 617 g/mol. The summed E-state index contributed by atoms with van der Waals surface area (Å²) in [6.07, 6.45) is 0. The Morgan fingerprint density at radius 3 is 1.61 bits per heavy atom. The molecule has 11 rings (SSSR count). The molecule has 0 fully saturated rings. The minimum atomic E-state index is -1.13. The lowest BCUT2D eigenvalue weighted by molar-refractivity contribution is 0.669. The third-order valence-corrected chi connectivity index (χ3v) is 8.51. The van der Waals surface area contributed by atoms with Crippen LogP contribution in [0.15, 0.2) is 186 Å². The van der Waals surface area contributed by atoms with Crippen LogP contribution in [-0.2, 0) is 0 Å². The van der Waals surface area contributed by atoms with Gasteiger partial charge in [-0.25, -0.2) is 0 Å². The van der Waals surface area contributed by atoms with Gasteiger partial charge in [-0.3, -0.25) is 0 Å². The van der Waals surface area contributed by atoms with Gasteiger partial charge in [0.1, 0.15) is 11.2 Å². The van der Waals surface area contributed by atoms with E-state index >= 15 is 0 Å². The van der Waals surface area contributed by atoms with Crippen LogP contribution in [0.4, 0.5) is 0 Å². The summed E-state index contributed by atoms with van der Waals surface area (Å²) in [4.78, 5) is 0. The summed E-state index contributed by atoms with van der Waals surface area (Å²) in [5, 5.41) is -7.87. The van der Waals surface area contributed by atoms with E-state index < -0.39 is 285 Å². The normalized spacial score (nSPS) is 20.2. The molecule has 236 valence electrons. The van der Waals surface area contributed by atoms with Gasteiger partial charge in [0, 0.05) is 10.8 Å². The smallest absolute Gasteiger partial charge is 0.136 e. The van der Waals surface area contributed by atoms with E-state index in [-0.39, 0.29) is 5.39 Å². The molecular formula is C50H30O. The summed E-state index contributed by atoms with van der Waals surface area (Å²) in [5.41, 5.74) is -6.35. The Hall–Kier alpha value is -6.70. The third kappa shape index (κ3) is 4.28. The predicted molar refractivity (Wildman–Crippen MR) is 218 cm³/mol. The molecule has 1 aromatic heterocycles. The van der Waals surface area contributed by atoms with Gasteiger partial charge >= 0.3 is 0 Å². The summed E-state index contributed by atoms with van der Waals surface area (Å²) in [6, 6.07) is -28.4. The molecule has 51 heavy (non-hydrogen) atoms. The second-order valence-electron chi connectivity index (χ2n) is 11.3. The molecule has 0 saturated carbocycles. The SMILES string of the molecule is [2H]c1c([2H])c([2H])c2c([2H])c(-c3c4c([2H])c([2H])c([2H])c([2H])c4c(-c4c([2H])c(-c5c([2H])c([2H])c6c(oc7c([2H])c([2H])c8c([2H])c([2H])c([2H])c([2H])c8c76)c5[2H])c([2H])c5c([2H])c([2H])c([2H])c([2H])c45)c4c([2H])c([2H])c([2H])c([2H])c34)c([2H])c([2H])c2c1[2H]. The van der Waals surface area contributed by atoms with Gasteiger partial charge in [0.25, 0.3) is 0 Å². The molecule has 0 aliphatic heterocycles. The number of rotatable bonds is 3. The molecule has 0 radical (unpaired) electrons. The zero-order chi connectivity index (χ0) is 59.6. The van der Waals surface area contributed by atoms with Crippen LogP contribution >= 0.6 is 0 Å². The summed E-state index contributed by atoms with van der Waals surface area (Å²) in [7, 11) is 0. The van der Waals surface area contributed by atoms with Crippen molar-refractivity contribution in [3.63, 3.8) is 0 Å². The lowest BCUT2D eigenvalue weighted by Gasteiger charge is -2.20. The van der Waals surface area contributed by atoms with Crippen molar-refractivity contribution >= 4 is 75.8 Å². The Labute approximate surface area is 336 Å². The van der Waals surface area contributed by atoms with Gasteiger partial charge in [-0.05, 0) is 123 Å². The van der Waals surface area contributed by atoms with Crippen LogP contribution in [0, 0.1) is 0 Å². The van der Waals surface area contributed by atoms with E-state index in [0.29, 0.717) is 0 Å². The molecule has 0 unspecified atom stereocenters. The quantitative estimate of drug-likeness (QED) is 0.170. The molecule has 0 aliphatic rings. The first-order valence-electron chi connectivity index (χ1n) is 30.2. The van der Waals surface area contributed by atoms with Crippen molar-refractivity contribution in [2.45, 2.75) is 0 Å². The predicted octanol–water partition coefficient (Wildman–Crippen LogP) is 14.4. The molecule has 1 nitrogen and oxygen atoms in total. The molecule has 0 N–H and O–H groups in total. The number of furan rings is 1. The van der Waals surface area contributed by atoms with Crippen LogP contribution in [0.3, 0.4) is 0 Å². The van der Waals surface area contributed by atoms with Crippen molar-refractivity contribution in [3.05, 3.63) is 181 Å². The first-order valence-corrected chi connectivity index (χ1v) is 15.2. The van der Waals surface area contributed by atoms with Crippen molar-refractivity contribution in [2.24, 2.45) is 0 Å². The zero-order valence-corrected chi connectivity index (χ0v) is 25.4. The second kappa shape index (κ2) is 10.9. The summed E-state index contributed by atoms with van der Waals surface area (Å²) >= 11 is 0. The van der Waals surface area contributed by atoms with E-state index in [1.807, 2.05) is 0 Å². The van der Waals surface area contributed by atoms with Crippen LogP contribution in [0.5, 0.6) is 0 Å². The standard InChI is InChI=1S/C50H30O/c1-2-13-33-27-36(22-21-31(33)11-1)48-40-17-7-9-19-42(40)49(43-20-10-8-18-41(43)48)45-29-37(28-35-14-4-5-15-38(35)45)34-23-25-44-47(30-34)51-46-26-24-32-12-3-6-16-39(32)50(44)46/h1-30H/i1D,2D,3D,4D,5D,6D,7D,8D,9D,10D,11D,12D,13D,14D,15D,16D,17D,18D,19D,20D,21D,22D,23D,24D,25D,26D,27D,28D,29D,30D. The Balaban J connectivity index is 1.44. The average molecular weight is 677 g/mol. The topological polar surface area (TPSA) is 13.1 Å². The van der Waals surface area contributed by atoms with E-state index in [4.69, 9.17) is 27.7 Å². The lowest BCUT2D eigenvalue weighted by Crippen LogP contribution is -1.92. The molecule has 0 amide bonds. The molecule has 0 bridgehead atoms. The van der Waals surface area contributed by atoms with Gasteiger partial charge in [-0.1, -0.05) is 145 Å². The lowest BCUT2D eigenvalue weighted by atomic mass is 9.83. The fourth-order valence-corrected chi connectivity index (χ4v) is 6.35. The van der Waals surface area contributed by atoms with E-state index in [1.54, 1.807) is 0 Å². The maximum atomic E-state index is 10.2. The van der Waals surface area contributed by atoms with Crippen molar-refractivity contribution in [1.29, 1.82) is 0 Å². The van der Waals surface area contributed by atoms with Crippen LogP contribution in [-0.4, -0.2) is 0 Å². The fourth-order valence-electron chi connectivity index (χ4n) is 6.35. The molecule has 1 heteroatoms. The maximum Gasteiger partial charge on any atom is 0.136 e. The monoisotopic (exact) mass is 676 g/mol. The molecule has 0 spiro atoms. The Morgan fingerprint density at radius 1 is 0.314 bits per heavy atom. The minimum Gasteiger partial charge on any atom is -0.456 e. The van der Waals surface area contributed by atoms with E-state index in [0.717, 1.165) is 0 Å². The second-order valence-corrected chi connectivity index (χ2v) is 11.3. The van der Waals surface area contributed by atoms with Crippen molar-refractivity contribution in [3.8, 4) is 33.4 Å². The van der Waals surface area contributed by atoms with Gasteiger partial charge in [-0.2, -0.15) is 0 Å². The van der Waals surface area contributed by atoms with Crippen LogP contribution in [0.2, 0.25) is 0 Å². The highest BCUT2D eigenvalue weighted by Gasteiger charge is 2.19. The number of fused-ring (bicyclic) bond motifs is 9. The molecule has 1 heterocycles. The van der Waals surface area contributed by atoms with Gasteiger partial charge < -0.3 is 4.42 Å². The third-order valence-electron chi connectivity index (χ3n) is 8.51. The van der Waals surface area contributed by atoms with Crippen molar-refractivity contribution < 1.29 is 45.5 Å². The molecule has 0 aliphatic carbocycles. The van der Waals surface area contributed by atoms with E-state index in [9.17, 15) is 17.8 Å². The van der Waals surface area contributed by atoms with Crippen molar-refractivity contribution in [2.75, 3.05) is 0 Å². The largest absolute Gasteiger partial charge is 0.456 e. The molecule has 0 atom stereocenters. The van der Waals surface area contributed by atoms with Crippen LogP contribution < -0.4 is 0 Å². The Bertz CT molecular complexity index is 4850. The van der Waals surface area contributed by atoms with E-state index in [1.165, 1.54) is 0 Å². The summed E-state index contributed by atoms with van der Waals surface area (Å²) in [5.74, 6) is 0. The highest BCUT2D eigenvalue weighted by atomic mass is 16.3. The molecule has 10 aromatic carbocycles. The van der Waals surface area contributed by atoms with Crippen LogP contribution in [0.25, 0.3) is 109 Å². The first kappa shape index (κ1) is 11.7. The van der Waals surface area contributed by atoms with Gasteiger partial charge in [0.05, 0.1) is 41.1 Å². The Morgan fingerprint density at radius 2 is 0.863 bits per heavy atom. The first-order chi connectivity index (χ1) is 37.8. The fraction of sp³-hybridized carbons (Fsp3) is 0. The highest BCUT2D eigenvalue weighted by molar-refractivity contribution is 6.24. The van der Waals surface area contributed by atoms with Crippen molar-refractivity contribution in [1.82, 2.24) is 0 Å². The molecule has 11 aromatic rings. The Kier molecular flexibility index (Phi) is 2.50. The molecule has 0 saturated heterocycles. The number of benzene rings is 10.